The summed E-state index contributed by atoms with van der Waals surface area (Å²) >= 11 is 0. The Kier molecular flexibility index (Phi) is 4.50. The van der Waals surface area contributed by atoms with Crippen molar-refractivity contribution in [1.29, 1.82) is 0 Å². The molecule has 6 heteroatoms. The standard InChI is InChI=1S/C16H19N3O3/c1-9-10(2)15(17-11(3)14(9)20)19-16(21)18-12-5-7-13(22-4)8-6-12/h5-8,20H,1-4H3,(H2,17,18,19,21). The van der Waals surface area contributed by atoms with Crippen LogP contribution < -0.4 is 15.4 Å². The van der Waals surface area contributed by atoms with Crippen molar-refractivity contribution in [3.8, 4) is 11.5 Å². The van der Waals surface area contributed by atoms with Gasteiger partial charge in [-0.2, -0.15) is 0 Å². The molecule has 0 aliphatic heterocycles. The molecule has 3 N–H and O–H groups in total. The summed E-state index contributed by atoms with van der Waals surface area (Å²) in [5.74, 6) is 1.30. The minimum atomic E-state index is -0.398. The first kappa shape index (κ1) is 15.6. The highest BCUT2D eigenvalue weighted by Gasteiger charge is 2.13. The number of aromatic nitrogens is 1. The smallest absolute Gasteiger partial charge is 0.324 e. The number of urea groups is 1. The monoisotopic (exact) mass is 301 g/mol. The van der Waals surface area contributed by atoms with Gasteiger partial charge < -0.3 is 15.2 Å². The van der Waals surface area contributed by atoms with Gasteiger partial charge in [-0.3, -0.25) is 5.32 Å². The van der Waals surface area contributed by atoms with Gasteiger partial charge in [0.15, 0.2) is 0 Å². The SMILES string of the molecule is COc1ccc(NC(=O)Nc2nc(C)c(O)c(C)c2C)cc1. The van der Waals surface area contributed by atoms with Crippen molar-refractivity contribution in [2.24, 2.45) is 0 Å². The molecule has 2 aromatic rings. The van der Waals surface area contributed by atoms with Crippen molar-refractivity contribution in [3.63, 3.8) is 0 Å². The molecule has 2 amide bonds. The molecular formula is C16H19N3O3. The number of ether oxygens (including phenoxy) is 1. The topological polar surface area (TPSA) is 83.5 Å². The average molecular weight is 301 g/mol. The summed E-state index contributed by atoms with van der Waals surface area (Å²) in [6.07, 6.45) is 0. The van der Waals surface area contributed by atoms with Crippen LogP contribution in [0, 0.1) is 20.8 Å². The van der Waals surface area contributed by atoms with E-state index in [4.69, 9.17) is 4.74 Å². The Balaban J connectivity index is 2.12. The first-order valence-electron chi connectivity index (χ1n) is 6.81. The summed E-state index contributed by atoms with van der Waals surface area (Å²) in [6, 6.07) is 6.60. The van der Waals surface area contributed by atoms with Crippen molar-refractivity contribution in [1.82, 2.24) is 4.98 Å². The maximum absolute atomic E-state index is 12.0. The van der Waals surface area contributed by atoms with Crippen LogP contribution >= 0.6 is 0 Å². The molecule has 22 heavy (non-hydrogen) atoms. The highest BCUT2D eigenvalue weighted by Crippen LogP contribution is 2.27. The zero-order valence-electron chi connectivity index (χ0n) is 13.0. The van der Waals surface area contributed by atoms with Crippen LogP contribution in [0.4, 0.5) is 16.3 Å². The molecule has 2 rings (SSSR count). The molecule has 1 heterocycles. The summed E-state index contributed by atoms with van der Waals surface area (Å²) in [6.45, 7) is 5.27. The van der Waals surface area contributed by atoms with E-state index in [2.05, 4.69) is 15.6 Å². The Labute approximate surface area is 129 Å². The number of carbonyl (C=O) groups is 1. The van der Waals surface area contributed by atoms with Crippen LogP contribution in [0.25, 0.3) is 0 Å². The highest BCUT2D eigenvalue weighted by molar-refractivity contribution is 5.99. The molecule has 0 aliphatic carbocycles. The van der Waals surface area contributed by atoms with E-state index < -0.39 is 6.03 Å². The molecule has 1 aromatic heterocycles. The number of benzene rings is 1. The quantitative estimate of drug-likeness (QED) is 0.811. The van der Waals surface area contributed by atoms with Crippen molar-refractivity contribution in [3.05, 3.63) is 41.1 Å². The number of pyridine rings is 1. The number of rotatable bonds is 3. The number of hydrogen-bond donors (Lipinski definition) is 3. The fourth-order valence-electron chi connectivity index (χ4n) is 2.00. The summed E-state index contributed by atoms with van der Waals surface area (Å²) in [5.41, 5.74) is 2.55. The number of hydrogen-bond acceptors (Lipinski definition) is 4. The van der Waals surface area contributed by atoms with Gasteiger partial charge in [-0.15, -0.1) is 0 Å². The minimum Gasteiger partial charge on any atom is -0.506 e. The number of amides is 2. The lowest BCUT2D eigenvalue weighted by atomic mass is 10.1. The minimum absolute atomic E-state index is 0.151. The number of aryl methyl sites for hydroxylation is 1. The molecule has 0 saturated carbocycles. The number of nitrogens with one attached hydrogen (secondary N) is 2. The maximum atomic E-state index is 12.0. The van der Waals surface area contributed by atoms with Gasteiger partial charge in [0.2, 0.25) is 0 Å². The Bertz CT molecular complexity index is 697. The lowest BCUT2D eigenvalue weighted by Crippen LogP contribution is -2.21. The van der Waals surface area contributed by atoms with Gasteiger partial charge in [-0.25, -0.2) is 9.78 Å². The van der Waals surface area contributed by atoms with Gasteiger partial charge in [0, 0.05) is 5.69 Å². The summed E-state index contributed by atoms with van der Waals surface area (Å²) in [4.78, 5) is 16.2. The third-order valence-electron chi connectivity index (χ3n) is 3.47. The number of aromatic hydroxyl groups is 1. The normalized spacial score (nSPS) is 10.2. The number of methoxy groups -OCH3 is 1. The van der Waals surface area contributed by atoms with Crippen molar-refractivity contribution >= 4 is 17.5 Å². The predicted octanol–water partition coefficient (Wildman–Crippen LogP) is 3.37. The molecule has 0 spiro atoms. The van der Waals surface area contributed by atoms with E-state index >= 15 is 0 Å². The van der Waals surface area contributed by atoms with Crippen molar-refractivity contribution < 1.29 is 14.6 Å². The Morgan fingerprint density at radius 1 is 1.09 bits per heavy atom. The second-order valence-corrected chi connectivity index (χ2v) is 4.95. The molecule has 0 aliphatic rings. The molecule has 0 radical (unpaired) electrons. The first-order valence-corrected chi connectivity index (χ1v) is 6.81. The number of anilines is 2. The van der Waals surface area contributed by atoms with Gasteiger partial charge in [0.25, 0.3) is 0 Å². The van der Waals surface area contributed by atoms with Crippen LogP contribution in [0.5, 0.6) is 11.5 Å². The van der Waals surface area contributed by atoms with Crippen LogP contribution in [0.1, 0.15) is 16.8 Å². The van der Waals surface area contributed by atoms with Crippen LogP contribution in [-0.2, 0) is 0 Å². The van der Waals surface area contributed by atoms with E-state index in [-0.39, 0.29) is 5.75 Å². The molecular weight excluding hydrogens is 282 g/mol. The van der Waals surface area contributed by atoms with Crippen LogP contribution in [-0.4, -0.2) is 23.2 Å². The largest absolute Gasteiger partial charge is 0.506 e. The Morgan fingerprint density at radius 3 is 2.32 bits per heavy atom. The predicted molar refractivity (Wildman–Crippen MR) is 85.7 cm³/mol. The van der Waals surface area contributed by atoms with Gasteiger partial charge in [0.1, 0.15) is 17.3 Å². The van der Waals surface area contributed by atoms with Gasteiger partial charge in [-0.1, -0.05) is 0 Å². The van der Waals surface area contributed by atoms with E-state index in [9.17, 15) is 9.90 Å². The second kappa shape index (κ2) is 6.34. The van der Waals surface area contributed by atoms with Gasteiger partial charge >= 0.3 is 6.03 Å². The fraction of sp³-hybridized carbons (Fsp3) is 0.250. The van der Waals surface area contributed by atoms with Crippen molar-refractivity contribution in [2.45, 2.75) is 20.8 Å². The summed E-state index contributed by atoms with van der Waals surface area (Å²) in [5, 5.41) is 15.2. The molecule has 0 saturated heterocycles. The molecule has 6 nitrogen and oxygen atoms in total. The lowest BCUT2D eigenvalue weighted by Gasteiger charge is -2.13. The Hall–Kier alpha value is -2.76. The van der Waals surface area contributed by atoms with Crippen LogP contribution in [0.15, 0.2) is 24.3 Å². The van der Waals surface area contributed by atoms with Crippen LogP contribution in [0.3, 0.4) is 0 Å². The molecule has 0 bridgehead atoms. The molecule has 0 atom stereocenters. The molecule has 1 aromatic carbocycles. The average Bonchev–Trinajstić information content (AvgIpc) is 2.51. The highest BCUT2D eigenvalue weighted by atomic mass is 16.5. The molecule has 0 fully saturated rings. The number of carbonyl (C=O) groups excluding carboxylic acids is 1. The van der Waals surface area contributed by atoms with Crippen molar-refractivity contribution in [2.75, 3.05) is 17.7 Å². The summed E-state index contributed by atoms with van der Waals surface area (Å²) in [7, 11) is 1.58. The fourth-order valence-corrected chi connectivity index (χ4v) is 2.00. The Morgan fingerprint density at radius 2 is 1.73 bits per heavy atom. The number of nitrogens with zero attached hydrogens (tertiary/aromatic N) is 1. The van der Waals surface area contributed by atoms with E-state index in [1.807, 2.05) is 0 Å². The van der Waals surface area contributed by atoms with Gasteiger partial charge in [-0.05, 0) is 56.2 Å². The van der Waals surface area contributed by atoms with Gasteiger partial charge in [0.05, 0.1) is 12.8 Å². The molecule has 0 unspecified atom stereocenters. The first-order chi connectivity index (χ1) is 10.4. The van der Waals surface area contributed by atoms with E-state index in [1.165, 1.54) is 0 Å². The zero-order valence-corrected chi connectivity index (χ0v) is 13.0. The lowest BCUT2D eigenvalue weighted by molar-refractivity contribution is 0.262. The zero-order chi connectivity index (χ0) is 16.3. The van der Waals surface area contributed by atoms with Crippen LogP contribution in [0.2, 0.25) is 0 Å². The van der Waals surface area contributed by atoms with E-state index in [0.717, 1.165) is 5.56 Å². The third kappa shape index (κ3) is 3.28. The maximum Gasteiger partial charge on any atom is 0.324 e. The van der Waals surface area contributed by atoms with E-state index in [0.29, 0.717) is 28.5 Å². The second-order valence-electron chi connectivity index (χ2n) is 4.95. The third-order valence-corrected chi connectivity index (χ3v) is 3.47. The molecule has 116 valence electrons. The summed E-state index contributed by atoms with van der Waals surface area (Å²) < 4.78 is 5.06. The van der Waals surface area contributed by atoms with E-state index in [1.54, 1.807) is 52.1 Å².